The maximum absolute atomic E-state index is 10.5. The number of rotatable bonds is 9. The van der Waals surface area contributed by atoms with Gasteiger partial charge in [0.1, 0.15) is 12.4 Å². The Kier molecular flexibility index (Phi) is 7.91. The fourth-order valence-electron chi connectivity index (χ4n) is 4.41. The van der Waals surface area contributed by atoms with Gasteiger partial charge in [-0.2, -0.15) is 0 Å². The van der Waals surface area contributed by atoms with E-state index >= 15 is 0 Å². The maximum Gasteiger partial charge on any atom is 0.119 e. The summed E-state index contributed by atoms with van der Waals surface area (Å²) in [6, 6.07) is 8.14. The first-order valence-electron chi connectivity index (χ1n) is 10.5. The predicted octanol–water partition coefficient (Wildman–Crippen LogP) is 3.58. The lowest BCUT2D eigenvalue weighted by molar-refractivity contribution is -0.105. The van der Waals surface area contributed by atoms with Crippen molar-refractivity contribution in [3.8, 4) is 5.75 Å². The molecule has 0 amide bonds. The number of β-amino-alcohol motifs (C(OH)–C–C–N with tert-alkyl or cyclic N) is 1. The van der Waals surface area contributed by atoms with E-state index in [1.807, 2.05) is 12.1 Å². The molecular weight excluding hydrogens is 354 g/mol. The van der Waals surface area contributed by atoms with Gasteiger partial charge in [-0.25, -0.2) is 0 Å². The number of hydrogen-bond donors (Lipinski definition) is 2. The Labute approximate surface area is 170 Å². The van der Waals surface area contributed by atoms with E-state index in [0.29, 0.717) is 38.5 Å². The van der Waals surface area contributed by atoms with Crippen LogP contribution in [0.25, 0.3) is 0 Å². The van der Waals surface area contributed by atoms with E-state index in [2.05, 4.69) is 58.6 Å². The van der Waals surface area contributed by atoms with E-state index in [0.717, 1.165) is 5.75 Å². The Morgan fingerprint density at radius 3 is 2.14 bits per heavy atom. The van der Waals surface area contributed by atoms with Crippen LogP contribution in [0.3, 0.4) is 0 Å². The number of benzene rings is 1. The minimum absolute atomic E-state index is 0.159. The van der Waals surface area contributed by atoms with Crippen LogP contribution in [0.4, 0.5) is 0 Å². The van der Waals surface area contributed by atoms with Crippen LogP contribution < -0.4 is 4.74 Å². The summed E-state index contributed by atoms with van der Waals surface area (Å²) in [5, 5.41) is 20.6. The lowest BCUT2D eigenvalue weighted by Gasteiger charge is -2.55. The highest BCUT2D eigenvalue weighted by atomic mass is 16.5. The Morgan fingerprint density at radius 1 is 1.04 bits per heavy atom. The molecule has 1 aromatic rings. The number of nitrogens with zero attached hydrogens (tertiary/aromatic N) is 1. The van der Waals surface area contributed by atoms with Gasteiger partial charge in [-0.1, -0.05) is 26.0 Å². The molecule has 0 spiro atoms. The fourth-order valence-corrected chi connectivity index (χ4v) is 4.41. The molecule has 5 nitrogen and oxygen atoms in total. The van der Waals surface area contributed by atoms with Crippen molar-refractivity contribution >= 4 is 0 Å². The van der Waals surface area contributed by atoms with E-state index in [1.54, 1.807) is 0 Å². The number of hydrogen-bond acceptors (Lipinski definition) is 5. The molecule has 2 rings (SSSR count). The Bertz CT molecular complexity index is 579. The highest BCUT2D eigenvalue weighted by Gasteiger charge is 2.45. The molecule has 160 valence electrons. The third kappa shape index (κ3) is 6.45. The third-order valence-electron chi connectivity index (χ3n) is 5.68. The summed E-state index contributed by atoms with van der Waals surface area (Å²) in [6.07, 6.45) is 0.571. The number of aliphatic hydroxyl groups excluding tert-OH is 2. The van der Waals surface area contributed by atoms with E-state index in [4.69, 9.17) is 9.47 Å². The molecule has 1 fully saturated rings. The van der Waals surface area contributed by atoms with Gasteiger partial charge in [0, 0.05) is 17.6 Å². The second-order valence-electron chi connectivity index (χ2n) is 9.60. The zero-order valence-corrected chi connectivity index (χ0v) is 18.4. The highest BCUT2D eigenvalue weighted by molar-refractivity contribution is 5.28. The Balaban J connectivity index is 1.71. The SMILES string of the molecule is CC(C)c1ccc(OCCOC[C@@H](O)CN2C(C)(C)CC(O)CC2(C)C)cc1. The van der Waals surface area contributed by atoms with Gasteiger partial charge in [0.2, 0.25) is 0 Å². The van der Waals surface area contributed by atoms with Crippen LogP contribution in [-0.4, -0.2) is 64.8 Å². The summed E-state index contributed by atoms with van der Waals surface area (Å²) in [6.45, 7) is 14.6. The molecule has 1 aromatic carbocycles. The van der Waals surface area contributed by atoms with Crippen LogP contribution in [0.1, 0.15) is 65.9 Å². The molecule has 1 aliphatic heterocycles. The fraction of sp³-hybridized carbons (Fsp3) is 0.739. The first-order chi connectivity index (χ1) is 13.0. The normalized spacial score (nSPS) is 21.0. The van der Waals surface area contributed by atoms with Crippen molar-refractivity contribution in [2.75, 3.05) is 26.4 Å². The zero-order valence-electron chi connectivity index (χ0n) is 18.4. The average molecular weight is 394 g/mol. The minimum atomic E-state index is -0.570. The second-order valence-corrected chi connectivity index (χ2v) is 9.60. The van der Waals surface area contributed by atoms with Crippen LogP contribution in [0.2, 0.25) is 0 Å². The van der Waals surface area contributed by atoms with E-state index in [1.165, 1.54) is 5.56 Å². The van der Waals surface area contributed by atoms with E-state index in [-0.39, 0.29) is 23.8 Å². The molecule has 5 heteroatoms. The molecule has 0 saturated carbocycles. The first kappa shape index (κ1) is 23.1. The van der Waals surface area contributed by atoms with Gasteiger partial charge in [-0.3, -0.25) is 4.90 Å². The first-order valence-corrected chi connectivity index (χ1v) is 10.5. The monoisotopic (exact) mass is 393 g/mol. The van der Waals surface area contributed by atoms with Crippen LogP contribution in [0.5, 0.6) is 5.75 Å². The van der Waals surface area contributed by atoms with Crippen molar-refractivity contribution in [3.05, 3.63) is 29.8 Å². The molecule has 0 aromatic heterocycles. The minimum Gasteiger partial charge on any atom is -0.491 e. The summed E-state index contributed by atoms with van der Waals surface area (Å²) in [5.41, 5.74) is 0.976. The van der Waals surface area contributed by atoms with Crippen LogP contribution >= 0.6 is 0 Å². The average Bonchev–Trinajstić information content (AvgIpc) is 2.57. The zero-order chi connectivity index (χ0) is 20.9. The molecule has 2 N–H and O–H groups in total. The topological polar surface area (TPSA) is 62.2 Å². The van der Waals surface area contributed by atoms with Crippen molar-refractivity contribution in [1.82, 2.24) is 4.90 Å². The maximum atomic E-state index is 10.5. The summed E-state index contributed by atoms with van der Waals surface area (Å²) < 4.78 is 11.3. The van der Waals surface area contributed by atoms with Crippen molar-refractivity contribution in [1.29, 1.82) is 0 Å². The second kappa shape index (κ2) is 9.57. The van der Waals surface area contributed by atoms with Gasteiger partial charge in [-0.15, -0.1) is 0 Å². The number of piperidine rings is 1. The molecule has 0 radical (unpaired) electrons. The lowest BCUT2D eigenvalue weighted by Crippen LogP contribution is -2.63. The Hall–Kier alpha value is -1.14. The highest BCUT2D eigenvalue weighted by Crippen LogP contribution is 2.38. The predicted molar refractivity (Wildman–Crippen MR) is 113 cm³/mol. The molecule has 28 heavy (non-hydrogen) atoms. The standard InChI is InChI=1S/C23H39NO4/c1-17(2)18-7-9-21(10-8-18)28-12-11-27-16-20(26)15-24-22(3,4)13-19(25)14-23(24,5)6/h7-10,17,19-20,25-26H,11-16H2,1-6H3/t20-/m0/s1. The molecule has 1 heterocycles. The van der Waals surface area contributed by atoms with Crippen molar-refractivity contribution in [2.45, 2.75) is 83.6 Å². The summed E-state index contributed by atoms with van der Waals surface area (Å²) in [7, 11) is 0. The number of ether oxygens (including phenoxy) is 2. The van der Waals surface area contributed by atoms with E-state index in [9.17, 15) is 10.2 Å². The largest absolute Gasteiger partial charge is 0.491 e. The quantitative estimate of drug-likeness (QED) is 0.628. The molecule has 1 saturated heterocycles. The van der Waals surface area contributed by atoms with E-state index < -0.39 is 6.10 Å². The summed E-state index contributed by atoms with van der Waals surface area (Å²) in [5.74, 6) is 1.35. The van der Waals surface area contributed by atoms with Crippen LogP contribution in [0.15, 0.2) is 24.3 Å². The molecule has 1 aliphatic rings. The van der Waals surface area contributed by atoms with Gasteiger partial charge in [0.25, 0.3) is 0 Å². The van der Waals surface area contributed by atoms with Gasteiger partial charge in [0.05, 0.1) is 25.4 Å². The summed E-state index contributed by atoms with van der Waals surface area (Å²) in [4.78, 5) is 2.30. The number of aliphatic hydroxyl groups is 2. The molecule has 0 bridgehead atoms. The molecule has 0 aliphatic carbocycles. The lowest BCUT2D eigenvalue weighted by atomic mass is 9.78. The number of likely N-dealkylation sites (tertiary alicyclic amines) is 1. The molecule has 0 unspecified atom stereocenters. The van der Waals surface area contributed by atoms with Crippen molar-refractivity contribution < 1.29 is 19.7 Å². The van der Waals surface area contributed by atoms with Crippen LogP contribution in [0, 0.1) is 0 Å². The summed E-state index contributed by atoms with van der Waals surface area (Å²) >= 11 is 0. The Morgan fingerprint density at radius 2 is 1.61 bits per heavy atom. The van der Waals surface area contributed by atoms with Crippen LogP contribution in [-0.2, 0) is 4.74 Å². The third-order valence-corrected chi connectivity index (χ3v) is 5.68. The van der Waals surface area contributed by atoms with Gasteiger partial charge < -0.3 is 19.7 Å². The van der Waals surface area contributed by atoms with Gasteiger partial charge >= 0.3 is 0 Å². The molecular formula is C23H39NO4. The molecule has 1 atom stereocenters. The van der Waals surface area contributed by atoms with Crippen molar-refractivity contribution in [3.63, 3.8) is 0 Å². The van der Waals surface area contributed by atoms with Gasteiger partial charge in [-0.05, 0) is 64.2 Å². The van der Waals surface area contributed by atoms with Crippen molar-refractivity contribution in [2.24, 2.45) is 0 Å². The smallest absolute Gasteiger partial charge is 0.119 e. The van der Waals surface area contributed by atoms with Gasteiger partial charge in [0.15, 0.2) is 0 Å².